The molecule has 2 saturated heterocycles. The number of carbonyl (C=O) groups is 1. The lowest BCUT2D eigenvalue weighted by molar-refractivity contribution is -0.133. The Balaban J connectivity index is 1.84. The number of nitrogens with zero attached hydrogens (tertiary/aromatic N) is 1. The van der Waals surface area contributed by atoms with E-state index in [1.54, 1.807) is 0 Å². The monoisotopic (exact) mass is 258 g/mol. The van der Waals surface area contributed by atoms with Crippen LogP contribution in [0.25, 0.3) is 0 Å². The van der Waals surface area contributed by atoms with Gasteiger partial charge in [-0.25, -0.2) is 12.7 Å². The quantitative estimate of drug-likeness (QED) is 0.762. The van der Waals surface area contributed by atoms with Crippen molar-refractivity contribution >= 4 is 15.9 Å². The van der Waals surface area contributed by atoms with Crippen LogP contribution in [0.15, 0.2) is 0 Å². The molecular weight excluding hydrogens is 240 g/mol. The minimum atomic E-state index is -3.33. The number of hydrogen-bond acceptors (Lipinski definition) is 4. The van der Waals surface area contributed by atoms with Crippen LogP contribution in [0.5, 0.6) is 0 Å². The molecular formula is C11H18N2O3S. The summed E-state index contributed by atoms with van der Waals surface area (Å²) in [7, 11) is -3.33. The van der Waals surface area contributed by atoms with E-state index in [4.69, 9.17) is 0 Å². The van der Waals surface area contributed by atoms with Crippen LogP contribution >= 0.6 is 0 Å². The Bertz CT molecular complexity index is 436. The second-order valence-corrected chi connectivity index (χ2v) is 7.54. The van der Waals surface area contributed by atoms with Gasteiger partial charge in [-0.2, -0.15) is 0 Å². The molecule has 0 aromatic heterocycles. The van der Waals surface area contributed by atoms with Gasteiger partial charge in [0.25, 0.3) is 0 Å². The molecule has 96 valence electrons. The summed E-state index contributed by atoms with van der Waals surface area (Å²) < 4.78 is 25.4. The minimum Gasteiger partial charge on any atom is -0.317 e. The Labute approximate surface area is 102 Å². The molecule has 1 N–H and O–H groups in total. The molecule has 3 fully saturated rings. The highest BCUT2D eigenvalue weighted by Gasteiger charge is 2.53. The molecule has 3 rings (SSSR count). The summed E-state index contributed by atoms with van der Waals surface area (Å²) in [4.78, 5) is 12.4. The van der Waals surface area contributed by atoms with Crippen LogP contribution < -0.4 is 5.32 Å². The van der Waals surface area contributed by atoms with E-state index in [9.17, 15) is 13.2 Å². The second kappa shape index (κ2) is 3.68. The first-order valence-corrected chi connectivity index (χ1v) is 7.83. The van der Waals surface area contributed by atoms with Crippen LogP contribution in [0, 0.1) is 5.41 Å². The van der Waals surface area contributed by atoms with Crippen LogP contribution in [0.2, 0.25) is 0 Å². The first-order valence-electron chi connectivity index (χ1n) is 6.33. The Morgan fingerprint density at radius 1 is 1.18 bits per heavy atom. The molecule has 3 aliphatic rings. The van der Waals surface area contributed by atoms with Gasteiger partial charge in [-0.05, 0) is 45.2 Å². The zero-order chi connectivity index (χ0) is 12.1. The third kappa shape index (κ3) is 1.69. The normalized spacial score (nSPS) is 28.9. The first-order chi connectivity index (χ1) is 8.06. The van der Waals surface area contributed by atoms with E-state index in [2.05, 4.69) is 5.32 Å². The Kier molecular flexibility index (Phi) is 2.49. The maximum absolute atomic E-state index is 12.4. The maximum atomic E-state index is 12.4. The van der Waals surface area contributed by atoms with E-state index in [1.807, 2.05) is 0 Å². The average Bonchev–Trinajstić information content (AvgIpc) is 3.10. The summed E-state index contributed by atoms with van der Waals surface area (Å²) in [6.45, 7) is 2.05. The van der Waals surface area contributed by atoms with E-state index in [-0.39, 0.29) is 16.6 Å². The van der Waals surface area contributed by atoms with Gasteiger partial charge in [-0.1, -0.05) is 0 Å². The molecule has 0 aromatic carbocycles. The van der Waals surface area contributed by atoms with E-state index in [0.717, 1.165) is 38.8 Å². The fourth-order valence-electron chi connectivity index (χ4n) is 2.95. The number of sulfonamides is 1. The highest BCUT2D eigenvalue weighted by atomic mass is 32.2. The SMILES string of the molecule is O=C1N(S(=O)(=O)C2CC2)CCC12CCNCC2. The predicted molar refractivity (Wildman–Crippen MR) is 62.8 cm³/mol. The fraction of sp³-hybridized carbons (Fsp3) is 0.909. The standard InChI is InChI=1S/C11H18N2O3S/c14-10-11(3-6-12-7-4-11)5-8-13(10)17(15,16)9-1-2-9/h9,12H,1-8H2. The lowest BCUT2D eigenvalue weighted by atomic mass is 9.78. The number of rotatable bonds is 2. The van der Waals surface area contributed by atoms with Gasteiger partial charge in [-0.3, -0.25) is 4.79 Å². The molecule has 0 unspecified atom stereocenters. The minimum absolute atomic E-state index is 0.133. The van der Waals surface area contributed by atoms with Gasteiger partial charge in [0.15, 0.2) is 0 Å². The number of carbonyl (C=O) groups excluding carboxylic acids is 1. The summed E-state index contributed by atoms with van der Waals surface area (Å²) in [6, 6.07) is 0. The third-order valence-corrected chi connectivity index (χ3v) is 6.56. The first kappa shape index (κ1) is 11.5. The van der Waals surface area contributed by atoms with Crippen LogP contribution in [0.4, 0.5) is 0 Å². The van der Waals surface area contributed by atoms with E-state index in [0.29, 0.717) is 13.0 Å². The molecule has 5 nitrogen and oxygen atoms in total. The van der Waals surface area contributed by atoms with Crippen molar-refractivity contribution in [1.82, 2.24) is 9.62 Å². The van der Waals surface area contributed by atoms with Crippen LogP contribution in [0.1, 0.15) is 32.1 Å². The smallest absolute Gasteiger partial charge is 0.242 e. The van der Waals surface area contributed by atoms with Gasteiger partial charge in [0.2, 0.25) is 15.9 Å². The third-order valence-electron chi connectivity index (χ3n) is 4.29. The van der Waals surface area contributed by atoms with Crippen molar-refractivity contribution in [3.05, 3.63) is 0 Å². The van der Waals surface area contributed by atoms with Gasteiger partial charge in [0.05, 0.1) is 10.7 Å². The largest absolute Gasteiger partial charge is 0.317 e. The van der Waals surface area contributed by atoms with Crippen molar-refractivity contribution in [3.63, 3.8) is 0 Å². The number of amides is 1. The zero-order valence-corrected chi connectivity index (χ0v) is 10.6. The van der Waals surface area contributed by atoms with E-state index < -0.39 is 10.0 Å². The summed E-state index contributed by atoms with van der Waals surface area (Å²) in [5, 5.41) is 2.95. The van der Waals surface area contributed by atoms with Gasteiger partial charge in [-0.15, -0.1) is 0 Å². The van der Waals surface area contributed by atoms with Gasteiger partial charge >= 0.3 is 0 Å². The van der Waals surface area contributed by atoms with Crippen LogP contribution in [-0.4, -0.2) is 43.5 Å². The molecule has 1 saturated carbocycles. The summed E-state index contributed by atoms with van der Waals surface area (Å²) >= 11 is 0. The molecule has 2 heterocycles. The number of nitrogens with one attached hydrogen (secondary N) is 1. The Morgan fingerprint density at radius 2 is 1.82 bits per heavy atom. The van der Waals surface area contributed by atoms with Crippen molar-refractivity contribution in [3.8, 4) is 0 Å². The van der Waals surface area contributed by atoms with Gasteiger partial charge < -0.3 is 5.32 Å². The van der Waals surface area contributed by atoms with Gasteiger partial charge in [0.1, 0.15) is 0 Å². The molecule has 17 heavy (non-hydrogen) atoms. The average molecular weight is 258 g/mol. The van der Waals surface area contributed by atoms with Crippen molar-refractivity contribution in [1.29, 1.82) is 0 Å². The molecule has 6 heteroatoms. The maximum Gasteiger partial charge on any atom is 0.242 e. The second-order valence-electron chi connectivity index (χ2n) is 5.40. The number of hydrogen-bond donors (Lipinski definition) is 1. The highest BCUT2D eigenvalue weighted by molar-refractivity contribution is 7.90. The van der Waals surface area contributed by atoms with E-state index >= 15 is 0 Å². The van der Waals surface area contributed by atoms with Crippen molar-refractivity contribution in [2.24, 2.45) is 5.41 Å². The van der Waals surface area contributed by atoms with E-state index in [1.165, 1.54) is 4.31 Å². The predicted octanol–water partition coefficient (Wildman–Crippen LogP) is 0.0807. The van der Waals surface area contributed by atoms with Gasteiger partial charge in [0, 0.05) is 6.54 Å². The molecule has 0 bridgehead atoms. The molecule has 0 atom stereocenters. The fourth-order valence-corrected chi connectivity index (χ4v) is 4.81. The lowest BCUT2D eigenvalue weighted by Crippen LogP contribution is -2.44. The lowest BCUT2D eigenvalue weighted by Gasteiger charge is -2.31. The molecule has 0 radical (unpaired) electrons. The molecule has 1 spiro atoms. The van der Waals surface area contributed by atoms with Crippen molar-refractivity contribution in [2.45, 2.75) is 37.4 Å². The van der Waals surface area contributed by atoms with Crippen molar-refractivity contribution < 1.29 is 13.2 Å². The zero-order valence-electron chi connectivity index (χ0n) is 9.81. The molecule has 2 aliphatic heterocycles. The van der Waals surface area contributed by atoms with Crippen LogP contribution in [-0.2, 0) is 14.8 Å². The molecule has 0 aromatic rings. The molecule has 1 aliphatic carbocycles. The summed E-state index contributed by atoms with van der Waals surface area (Å²) in [6.07, 6.45) is 3.71. The highest BCUT2D eigenvalue weighted by Crippen LogP contribution is 2.43. The van der Waals surface area contributed by atoms with Crippen LogP contribution in [0.3, 0.4) is 0 Å². The topological polar surface area (TPSA) is 66.5 Å². The summed E-state index contributed by atoms with van der Waals surface area (Å²) in [5.74, 6) is -0.133. The Morgan fingerprint density at radius 3 is 2.41 bits per heavy atom. The summed E-state index contributed by atoms with van der Waals surface area (Å²) in [5.41, 5.74) is -0.382. The Hall–Kier alpha value is -0.620. The number of piperidine rings is 1. The van der Waals surface area contributed by atoms with Crippen molar-refractivity contribution in [2.75, 3.05) is 19.6 Å². The molecule has 1 amide bonds.